The predicted molar refractivity (Wildman–Crippen MR) is 102 cm³/mol. The van der Waals surface area contributed by atoms with Crippen LogP contribution in [0, 0.1) is 13.8 Å². The second kappa shape index (κ2) is 7.46. The first-order chi connectivity index (χ1) is 13.5. The Hall–Kier alpha value is -3.16. The van der Waals surface area contributed by atoms with Gasteiger partial charge in [-0.1, -0.05) is 11.2 Å². The molecule has 0 saturated carbocycles. The Morgan fingerprint density at radius 3 is 2.93 bits per heavy atom. The molecule has 8 nitrogen and oxygen atoms in total. The van der Waals surface area contributed by atoms with Crippen molar-refractivity contribution in [2.24, 2.45) is 0 Å². The van der Waals surface area contributed by atoms with Crippen LogP contribution in [0.1, 0.15) is 46.8 Å². The van der Waals surface area contributed by atoms with Gasteiger partial charge in [0, 0.05) is 30.8 Å². The van der Waals surface area contributed by atoms with Gasteiger partial charge in [0.2, 0.25) is 5.91 Å². The summed E-state index contributed by atoms with van der Waals surface area (Å²) in [4.78, 5) is 26.9. The van der Waals surface area contributed by atoms with E-state index in [0.717, 1.165) is 22.5 Å². The molecular formula is C20H23N5O3. The zero-order valence-electron chi connectivity index (χ0n) is 16.0. The van der Waals surface area contributed by atoms with Gasteiger partial charge >= 0.3 is 0 Å². The molecule has 0 bridgehead atoms. The lowest BCUT2D eigenvalue weighted by molar-refractivity contribution is -0.131. The maximum absolute atomic E-state index is 12.6. The number of carbonyl (C=O) groups excluding carboxylic acids is 2. The molecule has 1 aliphatic heterocycles. The normalized spacial score (nSPS) is 17.7. The van der Waals surface area contributed by atoms with Gasteiger partial charge in [-0.15, -0.1) is 0 Å². The van der Waals surface area contributed by atoms with Crippen molar-refractivity contribution in [2.75, 3.05) is 6.54 Å². The van der Waals surface area contributed by atoms with Crippen LogP contribution in [-0.2, 0) is 11.3 Å². The van der Waals surface area contributed by atoms with Crippen LogP contribution in [0.4, 0.5) is 0 Å². The topological polar surface area (TPSA) is 92.7 Å². The van der Waals surface area contributed by atoms with E-state index in [-0.39, 0.29) is 17.9 Å². The van der Waals surface area contributed by atoms with Crippen molar-refractivity contribution in [1.29, 1.82) is 0 Å². The Bertz CT molecular complexity index is 969. The van der Waals surface area contributed by atoms with Gasteiger partial charge in [-0.2, -0.15) is 5.10 Å². The molecule has 1 atom stereocenters. The number of amides is 2. The van der Waals surface area contributed by atoms with Gasteiger partial charge in [0.25, 0.3) is 5.91 Å². The molecule has 0 aromatic carbocycles. The highest BCUT2D eigenvalue weighted by Gasteiger charge is 2.26. The average molecular weight is 381 g/mol. The van der Waals surface area contributed by atoms with E-state index in [2.05, 4.69) is 15.6 Å². The van der Waals surface area contributed by atoms with Crippen LogP contribution in [0.2, 0.25) is 0 Å². The van der Waals surface area contributed by atoms with Crippen LogP contribution in [0.5, 0.6) is 0 Å². The molecule has 3 aromatic rings. The summed E-state index contributed by atoms with van der Waals surface area (Å²) in [6, 6.07) is 7.38. The number of rotatable bonds is 4. The van der Waals surface area contributed by atoms with Gasteiger partial charge in [0.1, 0.15) is 5.76 Å². The molecule has 1 N–H and O–H groups in total. The minimum absolute atomic E-state index is 0.0593. The maximum Gasteiger partial charge on any atom is 0.272 e. The van der Waals surface area contributed by atoms with Crippen LogP contribution < -0.4 is 5.32 Å². The molecule has 0 spiro atoms. The standard InChI is InChI=1S/C20H23N5O3/c1-13-17(14(2)28-23-13)12-24-10-8-15(6-7-19(24)26)21-20(27)18-11-16-5-3-4-9-25(16)22-18/h3-5,9,11,15H,6-8,10,12H2,1-2H3,(H,21,27). The molecular weight excluding hydrogens is 358 g/mol. The molecule has 3 aromatic heterocycles. The van der Waals surface area contributed by atoms with E-state index >= 15 is 0 Å². The minimum atomic E-state index is -0.208. The smallest absolute Gasteiger partial charge is 0.272 e. The van der Waals surface area contributed by atoms with Crippen LogP contribution in [0.3, 0.4) is 0 Å². The number of hydrogen-bond acceptors (Lipinski definition) is 5. The molecule has 4 heterocycles. The summed E-state index contributed by atoms with van der Waals surface area (Å²) in [5.74, 6) is 0.621. The summed E-state index contributed by atoms with van der Waals surface area (Å²) >= 11 is 0. The summed E-state index contributed by atoms with van der Waals surface area (Å²) < 4.78 is 6.87. The number of pyridine rings is 1. The number of nitrogens with one attached hydrogen (secondary N) is 1. The van der Waals surface area contributed by atoms with Crippen molar-refractivity contribution in [2.45, 2.75) is 45.7 Å². The second-order valence-electron chi connectivity index (χ2n) is 7.22. The number of likely N-dealkylation sites (tertiary alicyclic amines) is 1. The molecule has 146 valence electrons. The number of carbonyl (C=O) groups is 2. The molecule has 0 aliphatic carbocycles. The molecule has 1 aliphatic rings. The molecule has 4 rings (SSSR count). The quantitative estimate of drug-likeness (QED) is 0.748. The van der Waals surface area contributed by atoms with E-state index in [1.807, 2.05) is 43.1 Å². The molecule has 8 heteroatoms. The second-order valence-corrected chi connectivity index (χ2v) is 7.22. The first-order valence-corrected chi connectivity index (χ1v) is 9.46. The number of aromatic nitrogens is 3. The molecule has 0 radical (unpaired) electrons. The van der Waals surface area contributed by atoms with Crippen molar-refractivity contribution in [1.82, 2.24) is 25.0 Å². The lowest BCUT2D eigenvalue weighted by atomic mass is 10.1. The van der Waals surface area contributed by atoms with E-state index < -0.39 is 0 Å². The highest BCUT2D eigenvalue weighted by molar-refractivity contribution is 5.93. The molecule has 1 unspecified atom stereocenters. The number of aryl methyl sites for hydroxylation is 2. The van der Waals surface area contributed by atoms with E-state index in [1.54, 1.807) is 10.6 Å². The van der Waals surface area contributed by atoms with Crippen molar-refractivity contribution >= 4 is 17.3 Å². The Kier molecular flexibility index (Phi) is 4.85. The third-order valence-electron chi connectivity index (χ3n) is 5.27. The maximum atomic E-state index is 12.6. The Morgan fingerprint density at radius 1 is 1.32 bits per heavy atom. The third kappa shape index (κ3) is 3.62. The highest BCUT2D eigenvalue weighted by atomic mass is 16.5. The van der Waals surface area contributed by atoms with Crippen molar-refractivity contribution < 1.29 is 14.1 Å². The number of hydrogen-bond donors (Lipinski definition) is 1. The minimum Gasteiger partial charge on any atom is -0.361 e. The Labute approximate surface area is 162 Å². The number of fused-ring (bicyclic) bond motifs is 1. The summed E-state index contributed by atoms with van der Waals surface area (Å²) in [6.07, 6.45) is 3.53. The lowest BCUT2D eigenvalue weighted by Gasteiger charge is -2.21. The van der Waals surface area contributed by atoms with Crippen LogP contribution in [0.15, 0.2) is 35.0 Å². The zero-order chi connectivity index (χ0) is 19.7. The van der Waals surface area contributed by atoms with Crippen LogP contribution in [-0.4, -0.2) is 44.1 Å². The third-order valence-corrected chi connectivity index (χ3v) is 5.27. The summed E-state index contributed by atoms with van der Waals surface area (Å²) in [6.45, 7) is 4.81. The van der Waals surface area contributed by atoms with E-state index in [4.69, 9.17) is 4.52 Å². The fourth-order valence-corrected chi connectivity index (χ4v) is 3.58. The summed E-state index contributed by atoms with van der Waals surface area (Å²) in [5.41, 5.74) is 3.02. The first-order valence-electron chi connectivity index (χ1n) is 9.46. The van der Waals surface area contributed by atoms with Gasteiger partial charge in [-0.25, -0.2) is 4.52 Å². The summed E-state index contributed by atoms with van der Waals surface area (Å²) in [5, 5.41) is 11.3. The van der Waals surface area contributed by atoms with E-state index in [0.29, 0.717) is 38.0 Å². The summed E-state index contributed by atoms with van der Waals surface area (Å²) in [7, 11) is 0. The van der Waals surface area contributed by atoms with Crippen molar-refractivity contribution in [3.63, 3.8) is 0 Å². The van der Waals surface area contributed by atoms with Crippen molar-refractivity contribution in [3.8, 4) is 0 Å². The Balaban J connectivity index is 1.40. The monoisotopic (exact) mass is 381 g/mol. The number of nitrogens with zero attached hydrogens (tertiary/aromatic N) is 4. The first kappa shape index (κ1) is 18.2. The van der Waals surface area contributed by atoms with Crippen LogP contribution in [0.25, 0.3) is 5.52 Å². The molecule has 1 fully saturated rings. The van der Waals surface area contributed by atoms with E-state index in [9.17, 15) is 9.59 Å². The molecule has 28 heavy (non-hydrogen) atoms. The SMILES string of the molecule is Cc1noc(C)c1CN1CCC(NC(=O)c2cc3ccccn3n2)CCC1=O. The van der Waals surface area contributed by atoms with Crippen molar-refractivity contribution in [3.05, 3.63) is 53.2 Å². The van der Waals surface area contributed by atoms with E-state index in [1.165, 1.54) is 0 Å². The van der Waals surface area contributed by atoms with Gasteiger partial charge in [0.15, 0.2) is 5.69 Å². The largest absolute Gasteiger partial charge is 0.361 e. The molecule has 2 amide bonds. The van der Waals surface area contributed by atoms with Gasteiger partial charge < -0.3 is 14.7 Å². The fraction of sp³-hybridized carbons (Fsp3) is 0.400. The zero-order valence-corrected chi connectivity index (χ0v) is 16.0. The average Bonchev–Trinajstić information content (AvgIpc) is 3.21. The van der Waals surface area contributed by atoms with Gasteiger partial charge in [-0.05, 0) is 44.9 Å². The van der Waals surface area contributed by atoms with Crippen LogP contribution >= 0.6 is 0 Å². The lowest BCUT2D eigenvalue weighted by Crippen LogP contribution is -2.36. The van der Waals surface area contributed by atoms with Gasteiger partial charge in [-0.3, -0.25) is 9.59 Å². The fourth-order valence-electron chi connectivity index (χ4n) is 3.58. The predicted octanol–water partition coefficient (Wildman–Crippen LogP) is 2.25. The Morgan fingerprint density at radius 2 is 2.18 bits per heavy atom. The highest BCUT2D eigenvalue weighted by Crippen LogP contribution is 2.19. The van der Waals surface area contributed by atoms with Gasteiger partial charge in [0.05, 0.1) is 17.8 Å². The molecule has 1 saturated heterocycles.